The van der Waals surface area contributed by atoms with Gasteiger partial charge in [-0.1, -0.05) is 29.8 Å². The van der Waals surface area contributed by atoms with E-state index < -0.39 is 15.9 Å². The van der Waals surface area contributed by atoms with E-state index in [2.05, 4.69) is 10.0 Å². The molecule has 0 saturated carbocycles. The molecule has 0 saturated heterocycles. The van der Waals surface area contributed by atoms with Crippen molar-refractivity contribution >= 4 is 38.9 Å². The second-order valence-electron chi connectivity index (χ2n) is 6.94. The Balaban J connectivity index is 1.76. The lowest BCUT2D eigenvalue weighted by atomic mass is 10.2. The normalized spacial score (nSPS) is 10.9. The number of anilines is 2. The maximum atomic E-state index is 13.0. The Kier molecular flexibility index (Phi) is 7.67. The predicted octanol–water partition coefficient (Wildman–Crippen LogP) is 4.48. The Morgan fingerprint density at radius 1 is 0.939 bits per heavy atom. The van der Waals surface area contributed by atoms with Crippen molar-refractivity contribution in [3.05, 3.63) is 71.2 Å². The third-order valence-electron chi connectivity index (χ3n) is 4.53. The number of ether oxygens (including phenoxy) is 3. The Bertz CT molecular complexity index is 1260. The van der Waals surface area contributed by atoms with Crippen molar-refractivity contribution in [3.8, 4) is 17.2 Å². The number of methoxy groups -OCH3 is 2. The van der Waals surface area contributed by atoms with Crippen molar-refractivity contribution in [2.45, 2.75) is 11.8 Å². The number of halogens is 1. The summed E-state index contributed by atoms with van der Waals surface area (Å²) in [6.07, 6.45) is 0. The van der Waals surface area contributed by atoms with Crippen molar-refractivity contribution in [3.63, 3.8) is 0 Å². The maximum absolute atomic E-state index is 13.0. The lowest BCUT2D eigenvalue weighted by Gasteiger charge is -2.15. The number of hydrogen-bond donors (Lipinski definition) is 2. The van der Waals surface area contributed by atoms with E-state index in [0.29, 0.717) is 11.5 Å². The molecule has 2 N–H and O–H groups in total. The first-order valence-electron chi connectivity index (χ1n) is 9.76. The molecule has 0 spiro atoms. The van der Waals surface area contributed by atoms with Gasteiger partial charge in [0.25, 0.3) is 15.9 Å². The highest BCUT2D eigenvalue weighted by molar-refractivity contribution is 7.92. The van der Waals surface area contributed by atoms with Crippen molar-refractivity contribution in [1.82, 2.24) is 0 Å². The summed E-state index contributed by atoms with van der Waals surface area (Å²) in [4.78, 5) is 12.2. The molecule has 10 heteroatoms. The topological polar surface area (TPSA) is 103 Å². The summed E-state index contributed by atoms with van der Waals surface area (Å²) < 4.78 is 44.4. The van der Waals surface area contributed by atoms with Gasteiger partial charge in [-0.05, 0) is 55.0 Å². The van der Waals surface area contributed by atoms with E-state index in [1.165, 1.54) is 38.5 Å². The molecule has 3 aromatic carbocycles. The third-order valence-corrected chi connectivity index (χ3v) is 6.25. The largest absolute Gasteiger partial charge is 0.495 e. The number of rotatable bonds is 9. The Labute approximate surface area is 197 Å². The fourth-order valence-electron chi connectivity index (χ4n) is 2.94. The van der Waals surface area contributed by atoms with Crippen LogP contribution < -0.4 is 24.2 Å². The minimum atomic E-state index is -4.06. The van der Waals surface area contributed by atoms with E-state index in [0.717, 1.165) is 5.56 Å². The maximum Gasteiger partial charge on any atom is 0.265 e. The standard InChI is InChI=1S/C23H23ClN2O6S/c1-15-8-10-19(21(12-15)31-3)32-14-23(27)25-16-9-11-20(30-2)22(13-16)33(28,29)26-18-7-5-4-6-17(18)24/h4-13,26H,14H2,1-3H3,(H,25,27). The van der Waals surface area contributed by atoms with Gasteiger partial charge >= 0.3 is 0 Å². The molecular weight excluding hydrogens is 468 g/mol. The van der Waals surface area contributed by atoms with Gasteiger partial charge in [-0.2, -0.15) is 0 Å². The zero-order valence-corrected chi connectivity index (χ0v) is 19.8. The zero-order chi connectivity index (χ0) is 24.0. The number of para-hydroxylation sites is 1. The van der Waals surface area contributed by atoms with Gasteiger partial charge in [0, 0.05) is 5.69 Å². The number of hydrogen-bond acceptors (Lipinski definition) is 6. The molecule has 0 aliphatic rings. The molecule has 3 aromatic rings. The molecule has 1 amide bonds. The minimum absolute atomic E-state index is 0.105. The second-order valence-corrected chi connectivity index (χ2v) is 9.00. The summed E-state index contributed by atoms with van der Waals surface area (Å²) in [6, 6.07) is 16.0. The van der Waals surface area contributed by atoms with Crippen LogP contribution in [-0.2, 0) is 14.8 Å². The monoisotopic (exact) mass is 490 g/mol. The zero-order valence-electron chi connectivity index (χ0n) is 18.2. The number of amides is 1. The van der Waals surface area contributed by atoms with E-state index >= 15 is 0 Å². The van der Waals surface area contributed by atoms with Gasteiger partial charge in [0.2, 0.25) is 0 Å². The van der Waals surface area contributed by atoms with Gasteiger partial charge in [0.15, 0.2) is 18.1 Å². The summed E-state index contributed by atoms with van der Waals surface area (Å²) in [7, 11) is -1.20. The van der Waals surface area contributed by atoms with Crippen LogP contribution in [0.1, 0.15) is 5.56 Å². The van der Waals surface area contributed by atoms with Gasteiger partial charge in [-0.3, -0.25) is 9.52 Å². The highest BCUT2D eigenvalue weighted by Crippen LogP contribution is 2.31. The predicted molar refractivity (Wildman–Crippen MR) is 127 cm³/mol. The van der Waals surface area contributed by atoms with Crippen LogP contribution in [0.15, 0.2) is 65.6 Å². The van der Waals surface area contributed by atoms with Crippen LogP contribution in [0.4, 0.5) is 11.4 Å². The molecule has 174 valence electrons. The Hall–Kier alpha value is -3.43. The van der Waals surface area contributed by atoms with E-state index in [1.54, 1.807) is 30.3 Å². The summed E-state index contributed by atoms with van der Waals surface area (Å²) in [6.45, 7) is 1.61. The molecule has 0 fully saturated rings. The lowest BCUT2D eigenvalue weighted by molar-refractivity contribution is -0.118. The Morgan fingerprint density at radius 2 is 1.64 bits per heavy atom. The molecule has 33 heavy (non-hydrogen) atoms. The van der Waals surface area contributed by atoms with Crippen LogP contribution >= 0.6 is 11.6 Å². The molecule has 0 heterocycles. The number of carbonyl (C=O) groups excluding carboxylic acids is 1. The molecule has 0 bridgehead atoms. The third kappa shape index (κ3) is 6.09. The summed E-state index contributed by atoms with van der Waals surface area (Å²) in [5.74, 6) is 0.546. The SMILES string of the molecule is COc1cc(C)ccc1OCC(=O)Nc1ccc(OC)c(S(=O)(=O)Nc2ccccc2Cl)c1. The van der Waals surface area contributed by atoms with Crippen molar-refractivity contribution < 1.29 is 27.4 Å². The molecule has 0 aromatic heterocycles. The van der Waals surface area contributed by atoms with Gasteiger partial charge in [-0.25, -0.2) is 8.42 Å². The second kappa shape index (κ2) is 10.5. The van der Waals surface area contributed by atoms with Crippen molar-refractivity contribution in [2.24, 2.45) is 0 Å². The Morgan fingerprint density at radius 3 is 2.33 bits per heavy atom. The van der Waals surface area contributed by atoms with Crippen LogP contribution in [0.2, 0.25) is 5.02 Å². The first kappa shape index (κ1) is 24.2. The van der Waals surface area contributed by atoms with Gasteiger partial charge < -0.3 is 19.5 Å². The van der Waals surface area contributed by atoms with Gasteiger partial charge in [0.05, 0.1) is 24.9 Å². The molecule has 3 rings (SSSR count). The highest BCUT2D eigenvalue weighted by Gasteiger charge is 2.22. The van der Waals surface area contributed by atoms with Crippen LogP contribution in [0.25, 0.3) is 0 Å². The number of nitrogens with one attached hydrogen (secondary N) is 2. The van der Waals surface area contributed by atoms with Crippen LogP contribution in [0.3, 0.4) is 0 Å². The van der Waals surface area contributed by atoms with E-state index in [1.807, 2.05) is 13.0 Å². The molecule has 0 atom stereocenters. The van der Waals surface area contributed by atoms with E-state index in [4.69, 9.17) is 25.8 Å². The molecule has 0 unspecified atom stereocenters. The molecular formula is C23H23ClN2O6S. The van der Waals surface area contributed by atoms with E-state index in [9.17, 15) is 13.2 Å². The smallest absolute Gasteiger partial charge is 0.265 e. The number of sulfonamides is 1. The number of carbonyl (C=O) groups is 1. The summed E-state index contributed by atoms with van der Waals surface area (Å²) >= 11 is 6.07. The summed E-state index contributed by atoms with van der Waals surface area (Å²) in [5, 5.41) is 2.87. The average Bonchev–Trinajstić information content (AvgIpc) is 2.79. The highest BCUT2D eigenvalue weighted by atomic mass is 35.5. The lowest BCUT2D eigenvalue weighted by Crippen LogP contribution is -2.21. The van der Waals surface area contributed by atoms with Crippen LogP contribution in [0.5, 0.6) is 17.2 Å². The van der Waals surface area contributed by atoms with Crippen LogP contribution in [0, 0.1) is 6.92 Å². The quantitative estimate of drug-likeness (QED) is 0.458. The van der Waals surface area contributed by atoms with Crippen LogP contribution in [-0.4, -0.2) is 35.2 Å². The van der Waals surface area contributed by atoms with Crippen molar-refractivity contribution in [1.29, 1.82) is 0 Å². The first-order valence-corrected chi connectivity index (χ1v) is 11.6. The fourth-order valence-corrected chi connectivity index (χ4v) is 4.46. The molecule has 0 aliphatic heterocycles. The summed E-state index contributed by atoms with van der Waals surface area (Å²) in [5.41, 5.74) is 1.46. The van der Waals surface area contributed by atoms with Crippen molar-refractivity contribution in [2.75, 3.05) is 30.9 Å². The van der Waals surface area contributed by atoms with Gasteiger partial charge in [0.1, 0.15) is 10.6 Å². The fraction of sp³-hybridized carbons (Fsp3) is 0.174. The van der Waals surface area contributed by atoms with E-state index in [-0.39, 0.29) is 33.6 Å². The number of benzene rings is 3. The molecule has 8 nitrogen and oxygen atoms in total. The number of aryl methyl sites for hydroxylation is 1. The molecule has 0 aliphatic carbocycles. The average molecular weight is 491 g/mol. The van der Waals surface area contributed by atoms with Gasteiger partial charge in [-0.15, -0.1) is 0 Å². The first-order chi connectivity index (χ1) is 15.7. The minimum Gasteiger partial charge on any atom is -0.495 e. The molecule has 0 radical (unpaired) electrons.